The lowest BCUT2D eigenvalue weighted by molar-refractivity contribution is -0.194. The van der Waals surface area contributed by atoms with Crippen LogP contribution in [0.2, 0.25) is 0 Å². The Bertz CT molecular complexity index is 389. The van der Waals surface area contributed by atoms with Crippen molar-refractivity contribution in [3.8, 4) is 0 Å². The molecule has 1 aliphatic carbocycles. The van der Waals surface area contributed by atoms with E-state index in [1.807, 2.05) is 0 Å². The molecule has 0 aromatic carbocycles. The minimum absolute atomic E-state index is 0.0752. The van der Waals surface area contributed by atoms with E-state index in [2.05, 4.69) is 0 Å². The third kappa shape index (κ3) is 4.48. The monoisotopic (exact) mass is 338 g/mol. The van der Waals surface area contributed by atoms with Crippen LogP contribution in [0.3, 0.4) is 0 Å². The van der Waals surface area contributed by atoms with Crippen molar-refractivity contribution in [3.63, 3.8) is 0 Å². The van der Waals surface area contributed by atoms with E-state index in [0.29, 0.717) is 32.7 Å². The van der Waals surface area contributed by atoms with E-state index in [1.54, 1.807) is 10.1 Å². The molecular weight excluding hydrogens is 308 g/mol. The molecule has 6 heteroatoms. The largest absolute Gasteiger partial charge is 0.272 e. The van der Waals surface area contributed by atoms with Crippen molar-refractivity contribution in [1.29, 1.82) is 0 Å². The van der Waals surface area contributed by atoms with Gasteiger partial charge in [0.25, 0.3) is 0 Å². The van der Waals surface area contributed by atoms with Gasteiger partial charge in [-0.05, 0) is 57.8 Å². The Kier molecular flexibility index (Phi) is 6.49. The van der Waals surface area contributed by atoms with Crippen molar-refractivity contribution in [1.82, 2.24) is 10.1 Å². The summed E-state index contributed by atoms with van der Waals surface area (Å²) in [5, 5.41) is 3.12. The Labute approximate surface area is 144 Å². The second-order valence-corrected chi connectivity index (χ2v) is 7.23. The van der Waals surface area contributed by atoms with Gasteiger partial charge in [-0.15, -0.1) is 0 Å². The molecule has 6 nitrogen and oxygen atoms in total. The van der Waals surface area contributed by atoms with Gasteiger partial charge in [-0.1, -0.05) is 6.42 Å². The van der Waals surface area contributed by atoms with Crippen LogP contribution in [0, 0.1) is 11.8 Å². The van der Waals surface area contributed by atoms with Crippen molar-refractivity contribution in [2.75, 3.05) is 26.3 Å². The van der Waals surface area contributed by atoms with Crippen molar-refractivity contribution >= 4 is 11.8 Å². The summed E-state index contributed by atoms with van der Waals surface area (Å²) in [7, 11) is 0. The Morgan fingerprint density at radius 2 is 1.17 bits per heavy atom. The molecule has 0 aromatic heterocycles. The second kappa shape index (κ2) is 8.81. The van der Waals surface area contributed by atoms with E-state index in [9.17, 15) is 9.59 Å². The summed E-state index contributed by atoms with van der Waals surface area (Å²) >= 11 is 0. The van der Waals surface area contributed by atoms with Gasteiger partial charge in [-0.3, -0.25) is 19.3 Å². The molecule has 0 N–H and O–H groups in total. The number of carbonyl (C=O) groups excluding carboxylic acids is 2. The molecule has 136 valence electrons. The number of rotatable bonds is 2. The van der Waals surface area contributed by atoms with Gasteiger partial charge in [0.1, 0.15) is 0 Å². The summed E-state index contributed by atoms with van der Waals surface area (Å²) in [4.78, 5) is 36.7. The Morgan fingerprint density at radius 1 is 0.667 bits per heavy atom. The molecular formula is C18H30N2O4. The minimum Gasteiger partial charge on any atom is -0.272 e. The molecule has 3 fully saturated rings. The van der Waals surface area contributed by atoms with Crippen LogP contribution >= 0.6 is 0 Å². The first-order valence-corrected chi connectivity index (χ1v) is 9.64. The van der Waals surface area contributed by atoms with Gasteiger partial charge >= 0.3 is 0 Å². The van der Waals surface area contributed by atoms with Crippen LogP contribution in [0.4, 0.5) is 0 Å². The second-order valence-electron chi connectivity index (χ2n) is 7.23. The first kappa shape index (κ1) is 17.7. The maximum absolute atomic E-state index is 12.8. The van der Waals surface area contributed by atoms with Crippen LogP contribution in [0.5, 0.6) is 0 Å². The van der Waals surface area contributed by atoms with Gasteiger partial charge in [-0.25, -0.2) is 10.1 Å². The SMILES string of the molecule is O=C(C1CCCC(C(=O)N2CCCCCO2)C1)N1CCCCCO1. The summed E-state index contributed by atoms with van der Waals surface area (Å²) in [5.74, 6) is -0.0204. The van der Waals surface area contributed by atoms with E-state index in [0.717, 1.165) is 57.8 Å². The van der Waals surface area contributed by atoms with Gasteiger partial charge in [0.05, 0.1) is 13.2 Å². The van der Waals surface area contributed by atoms with Gasteiger partial charge in [0.2, 0.25) is 11.8 Å². The number of nitrogens with zero attached hydrogens (tertiary/aromatic N) is 2. The highest BCUT2D eigenvalue weighted by molar-refractivity contribution is 5.81. The smallest absolute Gasteiger partial charge is 0.249 e. The summed E-state index contributed by atoms with van der Waals surface area (Å²) in [6.07, 6.45) is 9.55. The Hall–Kier alpha value is -1.14. The van der Waals surface area contributed by atoms with Crippen molar-refractivity contribution in [2.24, 2.45) is 11.8 Å². The zero-order chi connectivity index (χ0) is 16.8. The predicted octanol–water partition coefficient (Wildman–Crippen LogP) is 2.68. The molecule has 0 aromatic rings. The number of carbonyl (C=O) groups is 2. The van der Waals surface area contributed by atoms with Crippen LogP contribution in [0.15, 0.2) is 0 Å². The topological polar surface area (TPSA) is 59.1 Å². The van der Waals surface area contributed by atoms with Crippen LogP contribution in [0.25, 0.3) is 0 Å². The summed E-state index contributed by atoms with van der Waals surface area (Å²) in [6.45, 7) is 2.62. The number of hydrogen-bond acceptors (Lipinski definition) is 4. The van der Waals surface area contributed by atoms with Gasteiger partial charge in [-0.2, -0.15) is 0 Å². The lowest BCUT2D eigenvalue weighted by Crippen LogP contribution is -2.42. The molecule has 1 saturated carbocycles. The van der Waals surface area contributed by atoms with Crippen LogP contribution in [-0.2, 0) is 19.3 Å². The van der Waals surface area contributed by atoms with Crippen molar-refractivity contribution < 1.29 is 19.3 Å². The summed E-state index contributed by atoms with van der Waals surface area (Å²) in [6, 6.07) is 0. The fourth-order valence-electron chi connectivity index (χ4n) is 3.94. The van der Waals surface area contributed by atoms with E-state index in [-0.39, 0.29) is 23.7 Å². The molecule has 2 aliphatic heterocycles. The third-order valence-corrected chi connectivity index (χ3v) is 5.37. The van der Waals surface area contributed by atoms with Crippen LogP contribution in [-0.4, -0.2) is 48.2 Å². The van der Waals surface area contributed by atoms with E-state index in [1.165, 1.54) is 0 Å². The van der Waals surface area contributed by atoms with Crippen LogP contribution in [0.1, 0.15) is 64.2 Å². The first-order valence-electron chi connectivity index (χ1n) is 9.64. The molecule has 2 amide bonds. The molecule has 3 aliphatic rings. The highest BCUT2D eigenvalue weighted by atomic mass is 16.7. The predicted molar refractivity (Wildman–Crippen MR) is 88.5 cm³/mol. The molecule has 2 atom stereocenters. The molecule has 2 saturated heterocycles. The Balaban J connectivity index is 1.56. The maximum atomic E-state index is 12.8. The number of hydrogen-bond donors (Lipinski definition) is 0. The van der Waals surface area contributed by atoms with Gasteiger partial charge in [0, 0.05) is 24.9 Å². The van der Waals surface area contributed by atoms with Gasteiger partial charge < -0.3 is 0 Å². The quantitative estimate of drug-likeness (QED) is 0.777. The summed E-state index contributed by atoms with van der Waals surface area (Å²) in [5.41, 5.74) is 0. The van der Waals surface area contributed by atoms with E-state index < -0.39 is 0 Å². The normalized spacial score (nSPS) is 29.7. The average molecular weight is 338 g/mol. The van der Waals surface area contributed by atoms with Crippen molar-refractivity contribution in [3.05, 3.63) is 0 Å². The lowest BCUT2D eigenvalue weighted by atomic mass is 9.80. The highest BCUT2D eigenvalue weighted by Crippen LogP contribution is 2.32. The van der Waals surface area contributed by atoms with Crippen LogP contribution < -0.4 is 0 Å². The fraction of sp³-hybridized carbons (Fsp3) is 0.889. The highest BCUT2D eigenvalue weighted by Gasteiger charge is 2.36. The maximum Gasteiger partial charge on any atom is 0.249 e. The summed E-state index contributed by atoms with van der Waals surface area (Å²) < 4.78 is 0. The molecule has 3 rings (SSSR count). The molecule has 0 radical (unpaired) electrons. The van der Waals surface area contributed by atoms with E-state index in [4.69, 9.17) is 9.68 Å². The lowest BCUT2D eigenvalue weighted by Gasteiger charge is -2.33. The molecule has 24 heavy (non-hydrogen) atoms. The fourth-order valence-corrected chi connectivity index (χ4v) is 3.94. The number of hydroxylamine groups is 4. The molecule has 0 spiro atoms. The van der Waals surface area contributed by atoms with Gasteiger partial charge in [0.15, 0.2) is 0 Å². The Morgan fingerprint density at radius 3 is 1.67 bits per heavy atom. The zero-order valence-corrected chi connectivity index (χ0v) is 14.6. The third-order valence-electron chi connectivity index (χ3n) is 5.37. The zero-order valence-electron chi connectivity index (χ0n) is 14.6. The molecule has 0 bridgehead atoms. The van der Waals surface area contributed by atoms with E-state index >= 15 is 0 Å². The molecule has 2 unspecified atom stereocenters. The standard InChI is InChI=1S/C18H30N2O4/c21-17(19-10-3-1-5-12-23-19)15-8-7-9-16(14-15)18(22)20-11-4-2-6-13-24-20/h15-16H,1-14H2. The van der Waals surface area contributed by atoms with Crippen molar-refractivity contribution in [2.45, 2.75) is 64.2 Å². The first-order chi connectivity index (χ1) is 11.8. The minimum atomic E-state index is -0.0854. The average Bonchev–Trinajstić information content (AvgIpc) is 3.05. The number of amides is 2. The molecule has 2 heterocycles.